The van der Waals surface area contributed by atoms with Crippen LogP contribution in [0.3, 0.4) is 0 Å². The Morgan fingerprint density at radius 1 is 1.16 bits per heavy atom. The summed E-state index contributed by atoms with van der Waals surface area (Å²) >= 11 is 3.35. The number of benzene rings is 1. The molecule has 2 amide bonds. The predicted molar refractivity (Wildman–Crippen MR) is 123 cm³/mol. The molecule has 0 unspecified atom stereocenters. The van der Waals surface area contributed by atoms with Gasteiger partial charge in [-0.3, -0.25) is 14.4 Å². The van der Waals surface area contributed by atoms with Gasteiger partial charge in [-0.05, 0) is 59.8 Å². The lowest BCUT2D eigenvalue weighted by molar-refractivity contribution is -0.151. The van der Waals surface area contributed by atoms with E-state index in [1.807, 2.05) is 0 Å². The van der Waals surface area contributed by atoms with Crippen molar-refractivity contribution in [3.8, 4) is 0 Å². The summed E-state index contributed by atoms with van der Waals surface area (Å²) in [6.45, 7) is 5.10. The minimum absolute atomic E-state index is 0.0501. The maximum atomic E-state index is 13.1. The number of fused-ring (bicyclic) bond motifs is 1. The van der Waals surface area contributed by atoms with Crippen molar-refractivity contribution in [2.75, 3.05) is 36.9 Å². The Bertz CT molecular complexity index is 1010. The molecular formula is C22H29BrN2O6S. The molecule has 176 valence electrons. The third-order valence-electron chi connectivity index (χ3n) is 5.95. The van der Waals surface area contributed by atoms with Crippen LogP contribution in [0.2, 0.25) is 0 Å². The predicted octanol–water partition coefficient (Wildman–Crippen LogP) is 2.71. The minimum Gasteiger partial charge on any atom is -0.466 e. The zero-order valence-corrected chi connectivity index (χ0v) is 20.8. The topological polar surface area (TPSA) is 101 Å². The van der Waals surface area contributed by atoms with E-state index in [-0.39, 0.29) is 47.3 Å². The van der Waals surface area contributed by atoms with Gasteiger partial charge in [-0.25, -0.2) is 8.42 Å². The molecule has 1 aromatic carbocycles. The van der Waals surface area contributed by atoms with Crippen LogP contribution in [0.25, 0.3) is 0 Å². The fraction of sp³-hybridized carbons (Fsp3) is 0.591. The molecule has 0 aliphatic carbocycles. The lowest BCUT2D eigenvalue weighted by atomic mass is 9.98. The zero-order valence-electron chi connectivity index (χ0n) is 18.4. The van der Waals surface area contributed by atoms with Gasteiger partial charge in [0.05, 0.1) is 23.2 Å². The van der Waals surface area contributed by atoms with Gasteiger partial charge in [0.2, 0.25) is 11.8 Å². The molecule has 8 nitrogen and oxygen atoms in total. The van der Waals surface area contributed by atoms with E-state index in [4.69, 9.17) is 4.74 Å². The number of nitrogens with zero attached hydrogens (tertiary/aromatic N) is 2. The fourth-order valence-corrected chi connectivity index (χ4v) is 6.66. The number of amides is 2. The number of hydrogen-bond donors (Lipinski definition) is 0. The first-order valence-corrected chi connectivity index (χ1v) is 13.4. The number of hydrogen-bond acceptors (Lipinski definition) is 6. The highest BCUT2D eigenvalue weighted by molar-refractivity contribution is 9.10. The molecule has 2 heterocycles. The van der Waals surface area contributed by atoms with Crippen LogP contribution in [-0.2, 0) is 35.4 Å². The fourth-order valence-electron chi connectivity index (χ4n) is 4.22. The van der Waals surface area contributed by atoms with Gasteiger partial charge in [-0.2, -0.15) is 0 Å². The lowest BCUT2D eigenvalue weighted by Crippen LogP contribution is -2.43. The van der Waals surface area contributed by atoms with E-state index in [0.717, 1.165) is 5.56 Å². The molecule has 3 rings (SSSR count). The van der Waals surface area contributed by atoms with Crippen LogP contribution in [-0.4, -0.2) is 63.1 Å². The molecule has 0 spiro atoms. The number of sulfone groups is 1. The molecule has 0 bridgehead atoms. The van der Waals surface area contributed by atoms with Crippen molar-refractivity contribution < 1.29 is 27.5 Å². The summed E-state index contributed by atoms with van der Waals surface area (Å²) in [5.41, 5.74) is 1.55. The standard InChI is InChI=1S/C22H29BrN2O6S/c1-3-20(26)25-10-7-15-12-17(23)19(13-18(15)25)32(29,30)11-8-21(27)24-9-5-6-16(14-24)22(28)31-4-2/h12-13,16H,3-11,14H2,1-2H3/t16-/m0/s1. The van der Waals surface area contributed by atoms with Gasteiger partial charge in [-0.1, -0.05) is 6.92 Å². The molecule has 1 fully saturated rings. The van der Waals surface area contributed by atoms with E-state index in [2.05, 4.69) is 15.9 Å². The second-order valence-electron chi connectivity index (χ2n) is 8.06. The summed E-state index contributed by atoms with van der Waals surface area (Å²) in [6, 6.07) is 3.29. The number of carbonyl (C=O) groups is 3. The van der Waals surface area contributed by atoms with Crippen molar-refractivity contribution in [1.29, 1.82) is 0 Å². The largest absolute Gasteiger partial charge is 0.466 e. The number of likely N-dealkylation sites (tertiary alicyclic amines) is 1. The SMILES string of the molecule is CCOC(=O)[C@H]1CCCN(C(=O)CCS(=O)(=O)c2cc3c(cc2Br)CCN3C(=O)CC)C1. The van der Waals surface area contributed by atoms with Gasteiger partial charge in [0, 0.05) is 42.6 Å². The third-order valence-corrected chi connectivity index (χ3v) is 8.61. The molecule has 1 aromatic rings. The van der Waals surface area contributed by atoms with Crippen LogP contribution in [0, 0.1) is 5.92 Å². The Morgan fingerprint density at radius 3 is 2.59 bits per heavy atom. The zero-order chi connectivity index (χ0) is 23.5. The lowest BCUT2D eigenvalue weighted by Gasteiger charge is -2.31. The van der Waals surface area contributed by atoms with Crippen LogP contribution in [0.1, 0.15) is 45.1 Å². The van der Waals surface area contributed by atoms with Crippen LogP contribution in [0.5, 0.6) is 0 Å². The van der Waals surface area contributed by atoms with Gasteiger partial charge in [-0.15, -0.1) is 0 Å². The molecule has 0 aromatic heterocycles. The Kier molecular flexibility index (Phi) is 7.97. The van der Waals surface area contributed by atoms with Crippen LogP contribution in [0.15, 0.2) is 21.5 Å². The van der Waals surface area contributed by atoms with Gasteiger partial charge < -0.3 is 14.5 Å². The molecule has 2 aliphatic rings. The molecule has 0 N–H and O–H groups in total. The highest BCUT2D eigenvalue weighted by Gasteiger charge is 2.31. The Labute approximate surface area is 197 Å². The minimum atomic E-state index is -3.76. The monoisotopic (exact) mass is 528 g/mol. The van der Waals surface area contributed by atoms with E-state index in [1.165, 1.54) is 6.07 Å². The van der Waals surface area contributed by atoms with Crippen LogP contribution < -0.4 is 4.90 Å². The Hall–Kier alpha value is -1.94. The number of carbonyl (C=O) groups excluding carboxylic acids is 3. The summed E-state index contributed by atoms with van der Waals surface area (Å²) in [4.78, 5) is 40.2. The highest BCUT2D eigenvalue weighted by Crippen LogP contribution is 2.36. The summed E-state index contributed by atoms with van der Waals surface area (Å²) in [5, 5.41) is 0. The molecule has 0 radical (unpaired) electrons. The van der Waals surface area contributed by atoms with Gasteiger partial charge in [0.1, 0.15) is 0 Å². The Morgan fingerprint density at radius 2 is 1.91 bits per heavy atom. The quantitative estimate of drug-likeness (QED) is 0.504. The summed E-state index contributed by atoms with van der Waals surface area (Å²) in [5.74, 6) is -1.36. The van der Waals surface area contributed by atoms with Crippen molar-refractivity contribution in [1.82, 2.24) is 4.90 Å². The number of piperidine rings is 1. The van der Waals surface area contributed by atoms with E-state index in [1.54, 1.807) is 29.7 Å². The van der Waals surface area contributed by atoms with Crippen molar-refractivity contribution in [3.05, 3.63) is 22.2 Å². The first-order chi connectivity index (χ1) is 15.2. The second-order valence-corrected chi connectivity index (χ2v) is 11.0. The molecule has 2 aliphatic heterocycles. The van der Waals surface area contributed by atoms with Crippen molar-refractivity contribution in [2.45, 2.75) is 50.8 Å². The number of rotatable bonds is 7. The number of anilines is 1. The average Bonchev–Trinajstić information content (AvgIpc) is 3.19. The summed E-state index contributed by atoms with van der Waals surface area (Å²) < 4.78 is 31.6. The Balaban J connectivity index is 1.70. The highest BCUT2D eigenvalue weighted by atomic mass is 79.9. The van der Waals surface area contributed by atoms with Crippen LogP contribution >= 0.6 is 15.9 Å². The second kappa shape index (κ2) is 10.3. The van der Waals surface area contributed by atoms with Crippen molar-refractivity contribution in [2.24, 2.45) is 5.92 Å². The maximum Gasteiger partial charge on any atom is 0.310 e. The molecule has 1 atom stereocenters. The number of halogens is 1. The molecule has 32 heavy (non-hydrogen) atoms. The summed E-state index contributed by atoms with van der Waals surface area (Å²) in [6.07, 6.45) is 2.19. The number of esters is 1. The van der Waals surface area contributed by atoms with Gasteiger partial charge in [0.25, 0.3) is 0 Å². The smallest absolute Gasteiger partial charge is 0.310 e. The van der Waals surface area contributed by atoms with Gasteiger partial charge >= 0.3 is 5.97 Å². The first-order valence-electron chi connectivity index (χ1n) is 11.0. The summed E-state index contributed by atoms with van der Waals surface area (Å²) in [7, 11) is -3.76. The number of ether oxygens (including phenoxy) is 1. The molecule has 1 saturated heterocycles. The average molecular weight is 529 g/mol. The van der Waals surface area contributed by atoms with Crippen molar-refractivity contribution in [3.63, 3.8) is 0 Å². The van der Waals surface area contributed by atoms with E-state index >= 15 is 0 Å². The first kappa shape index (κ1) is 24.7. The maximum absolute atomic E-state index is 13.1. The van der Waals surface area contributed by atoms with E-state index in [9.17, 15) is 22.8 Å². The molecular weight excluding hydrogens is 500 g/mol. The van der Waals surface area contributed by atoms with Gasteiger partial charge in [0.15, 0.2) is 9.84 Å². The van der Waals surface area contributed by atoms with Crippen molar-refractivity contribution >= 4 is 49.2 Å². The third kappa shape index (κ3) is 5.33. The van der Waals surface area contributed by atoms with E-state index < -0.39 is 9.84 Å². The molecule has 10 heteroatoms. The van der Waals surface area contributed by atoms with Crippen LogP contribution in [0.4, 0.5) is 5.69 Å². The van der Waals surface area contributed by atoms with E-state index in [0.29, 0.717) is 55.5 Å². The molecule has 0 saturated carbocycles. The normalized spacial score (nSPS) is 18.4.